The van der Waals surface area contributed by atoms with Gasteiger partial charge in [0.2, 0.25) is 0 Å². The summed E-state index contributed by atoms with van der Waals surface area (Å²) in [7, 11) is 1.46. The molecule has 0 aromatic heterocycles. The second-order valence-corrected chi connectivity index (χ2v) is 7.93. The van der Waals surface area contributed by atoms with Crippen molar-refractivity contribution in [2.75, 3.05) is 13.7 Å². The molecule has 0 fully saturated rings. The van der Waals surface area contributed by atoms with E-state index in [1.165, 1.54) is 12.7 Å². The van der Waals surface area contributed by atoms with Crippen LogP contribution in [-0.2, 0) is 25.4 Å². The zero-order valence-electron chi connectivity index (χ0n) is 17.3. The van der Waals surface area contributed by atoms with Crippen molar-refractivity contribution in [1.82, 2.24) is 5.32 Å². The Bertz CT molecular complexity index is 582. The van der Waals surface area contributed by atoms with Crippen molar-refractivity contribution in [1.29, 1.82) is 0 Å². The number of nitrogens with one attached hydrogen (secondary N) is 1. The number of hydrogen-bond donors (Lipinski definition) is 1. The molecule has 0 radical (unpaired) electrons. The third-order valence-electron chi connectivity index (χ3n) is 3.79. The van der Waals surface area contributed by atoms with Crippen molar-refractivity contribution >= 4 is 12.1 Å². The molecule has 1 rings (SSSR count). The standard InChI is InChI=1S/C21H33NO5/c1-15(13-17-10-8-7-9-11-17)12-16(2)26-19(23)18(14-25-6)22-20(24)27-21(3,4)5/h7-11,15-16,18H,12-14H2,1-6H3,(H,22,24)/t15-,16-,18-/m0/s1. The van der Waals surface area contributed by atoms with E-state index in [1.807, 2.05) is 25.1 Å². The summed E-state index contributed by atoms with van der Waals surface area (Å²) in [5.41, 5.74) is 0.610. The molecule has 3 atom stereocenters. The fraction of sp³-hybridized carbons (Fsp3) is 0.619. The first kappa shape index (κ1) is 23.0. The Balaban J connectivity index is 2.52. The predicted molar refractivity (Wildman–Crippen MR) is 105 cm³/mol. The highest BCUT2D eigenvalue weighted by molar-refractivity contribution is 5.81. The monoisotopic (exact) mass is 379 g/mol. The molecule has 1 amide bonds. The first-order chi connectivity index (χ1) is 12.6. The highest BCUT2D eigenvalue weighted by atomic mass is 16.6. The summed E-state index contributed by atoms with van der Waals surface area (Å²) in [4.78, 5) is 24.3. The minimum absolute atomic E-state index is 0.0182. The van der Waals surface area contributed by atoms with Crippen LogP contribution in [0.3, 0.4) is 0 Å². The smallest absolute Gasteiger partial charge is 0.408 e. The molecule has 0 aliphatic heterocycles. The van der Waals surface area contributed by atoms with Crippen LogP contribution in [-0.4, -0.2) is 43.5 Å². The quantitative estimate of drug-likeness (QED) is 0.662. The Labute approximate surface area is 162 Å². The van der Waals surface area contributed by atoms with Crippen LogP contribution in [0.2, 0.25) is 0 Å². The Hall–Kier alpha value is -2.08. The summed E-state index contributed by atoms with van der Waals surface area (Å²) < 4.78 is 15.7. The van der Waals surface area contributed by atoms with Gasteiger partial charge in [-0.05, 0) is 52.0 Å². The van der Waals surface area contributed by atoms with E-state index in [4.69, 9.17) is 14.2 Å². The summed E-state index contributed by atoms with van der Waals surface area (Å²) in [6.45, 7) is 9.27. The largest absolute Gasteiger partial charge is 0.461 e. The van der Waals surface area contributed by atoms with E-state index in [0.717, 1.165) is 12.8 Å². The van der Waals surface area contributed by atoms with Crippen LogP contribution >= 0.6 is 0 Å². The van der Waals surface area contributed by atoms with Gasteiger partial charge in [0.05, 0.1) is 12.7 Å². The normalized spacial score (nSPS) is 14.7. The summed E-state index contributed by atoms with van der Waals surface area (Å²) in [6, 6.07) is 9.30. The number of rotatable bonds is 9. The number of hydrogen-bond acceptors (Lipinski definition) is 5. The van der Waals surface area contributed by atoms with E-state index < -0.39 is 23.7 Å². The van der Waals surface area contributed by atoms with Crippen LogP contribution in [0.1, 0.15) is 46.6 Å². The van der Waals surface area contributed by atoms with E-state index >= 15 is 0 Å². The van der Waals surface area contributed by atoms with Crippen LogP contribution in [0.5, 0.6) is 0 Å². The maximum Gasteiger partial charge on any atom is 0.408 e. The first-order valence-electron chi connectivity index (χ1n) is 9.33. The van der Waals surface area contributed by atoms with Gasteiger partial charge in [-0.1, -0.05) is 37.3 Å². The molecule has 0 aliphatic rings. The van der Waals surface area contributed by atoms with E-state index in [2.05, 4.69) is 24.4 Å². The second-order valence-electron chi connectivity index (χ2n) is 7.93. The van der Waals surface area contributed by atoms with Crippen LogP contribution in [0.25, 0.3) is 0 Å². The van der Waals surface area contributed by atoms with Crippen LogP contribution in [0.4, 0.5) is 4.79 Å². The number of amides is 1. The molecule has 1 N–H and O–H groups in total. The molecular weight excluding hydrogens is 346 g/mol. The zero-order valence-corrected chi connectivity index (χ0v) is 17.3. The minimum atomic E-state index is -0.906. The van der Waals surface area contributed by atoms with Gasteiger partial charge in [0.15, 0.2) is 6.04 Å². The first-order valence-corrected chi connectivity index (χ1v) is 9.33. The third kappa shape index (κ3) is 9.99. The molecule has 0 aliphatic carbocycles. The highest BCUT2D eigenvalue weighted by Gasteiger charge is 2.27. The fourth-order valence-corrected chi connectivity index (χ4v) is 2.78. The topological polar surface area (TPSA) is 73.9 Å². The number of carbonyl (C=O) groups excluding carboxylic acids is 2. The lowest BCUT2D eigenvalue weighted by Gasteiger charge is -2.24. The number of carbonyl (C=O) groups is 2. The maximum atomic E-state index is 12.4. The molecule has 0 unspecified atom stereocenters. The van der Waals surface area contributed by atoms with E-state index in [0.29, 0.717) is 5.92 Å². The Morgan fingerprint density at radius 2 is 1.74 bits per heavy atom. The number of ether oxygens (including phenoxy) is 3. The third-order valence-corrected chi connectivity index (χ3v) is 3.79. The number of benzene rings is 1. The molecular formula is C21H33NO5. The zero-order chi connectivity index (χ0) is 20.4. The minimum Gasteiger partial charge on any atom is -0.461 e. The number of esters is 1. The lowest BCUT2D eigenvalue weighted by molar-refractivity contribution is -0.152. The second kappa shape index (κ2) is 10.9. The summed E-state index contributed by atoms with van der Waals surface area (Å²) in [6.07, 6.45) is 0.704. The Morgan fingerprint density at radius 1 is 1.11 bits per heavy atom. The summed E-state index contributed by atoms with van der Waals surface area (Å²) in [5, 5.41) is 2.51. The fourth-order valence-electron chi connectivity index (χ4n) is 2.78. The van der Waals surface area contributed by atoms with Crippen molar-refractivity contribution < 1.29 is 23.8 Å². The molecule has 6 nitrogen and oxygen atoms in total. The SMILES string of the molecule is COC[C@H](NC(=O)OC(C)(C)C)C(=O)O[C@@H](C)C[C@H](C)Cc1ccccc1. The van der Waals surface area contributed by atoms with E-state index in [-0.39, 0.29) is 12.7 Å². The molecule has 0 saturated heterocycles. The lowest BCUT2D eigenvalue weighted by Crippen LogP contribution is -2.47. The van der Waals surface area contributed by atoms with Gasteiger partial charge >= 0.3 is 12.1 Å². The van der Waals surface area contributed by atoms with Gasteiger partial charge in [0.25, 0.3) is 0 Å². The van der Waals surface area contributed by atoms with Crippen molar-refractivity contribution in [2.45, 2.75) is 65.2 Å². The average molecular weight is 379 g/mol. The van der Waals surface area contributed by atoms with E-state index in [9.17, 15) is 9.59 Å². The van der Waals surface area contributed by atoms with Gasteiger partial charge in [-0.2, -0.15) is 0 Å². The number of methoxy groups -OCH3 is 1. The van der Waals surface area contributed by atoms with Crippen molar-refractivity contribution in [3.05, 3.63) is 35.9 Å². The van der Waals surface area contributed by atoms with E-state index in [1.54, 1.807) is 20.8 Å². The van der Waals surface area contributed by atoms with Gasteiger partial charge in [-0.25, -0.2) is 9.59 Å². The van der Waals surface area contributed by atoms with Gasteiger partial charge in [-0.15, -0.1) is 0 Å². The molecule has 0 spiro atoms. The molecule has 1 aromatic rings. The molecule has 0 bridgehead atoms. The van der Waals surface area contributed by atoms with Gasteiger partial charge in [0, 0.05) is 7.11 Å². The van der Waals surface area contributed by atoms with Crippen molar-refractivity contribution in [3.63, 3.8) is 0 Å². The summed E-state index contributed by atoms with van der Waals surface area (Å²) >= 11 is 0. The average Bonchev–Trinajstić information content (AvgIpc) is 2.53. The van der Waals surface area contributed by atoms with Crippen LogP contribution < -0.4 is 5.32 Å². The van der Waals surface area contributed by atoms with Crippen LogP contribution in [0, 0.1) is 5.92 Å². The van der Waals surface area contributed by atoms with Crippen LogP contribution in [0.15, 0.2) is 30.3 Å². The Morgan fingerprint density at radius 3 is 2.30 bits per heavy atom. The Kier molecular flexibility index (Phi) is 9.29. The molecule has 1 aromatic carbocycles. The van der Waals surface area contributed by atoms with Gasteiger partial charge < -0.3 is 19.5 Å². The van der Waals surface area contributed by atoms with Gasteiger partial charge in [-0.3, -0.25) is 0 Å². The molecule has 27 heavy (non-hydrogen) atoms. The van der Waals surface area contributed by atoms with Crippen molar-refractivity contribution in [3.8, 4) is 0 Å². The van der Waals surface area contributed by atoms with Gasteiger partial charge in [0.1, 0.15) is 5.60 Å². The maximum absolute atomic E-state index is 12.4. The molecule has 0 heterocycles. The number of alkyl carbamates (subject to hydrolysis) is 1. The summed E-state index contributed by atoms with van der Waals surface area (Å²) in [5.74, 6) is -0.169. The molecule has 0 saturated carbocycles. The molecule has 6 heteroatoms. The van der Waals surface area contributed by atoms with Crippen molar-refractivity contribution in [2.24, 2.45) is 5.92 Å². The highest BCUT2D eigenvalue weighted by Crippen LogP contribution is 2.16. The lowest BCUT2D eigenvalue weighted by atomic mass is 9.96. The predicted octanol–water partition coefficient (Wildman–Crippen LogP) is 3.73. The molecule has 152 valence electrons.